The van der Waals surface area contributed by atoms with E-state index in [2.05, 4.69) is 17.2 Å². The first-order valence-electron chi connectivity index (χ1n) is 6.72. The standard InChI is InChI=1S/C13H20N4O2S/c1-2-12-9-16(5-6-20-12)8-10-7-11(17(18)19)3-4-13(10)15-14/h3-4,7,12,15H,2,5-6,8-9,14H2,1H3. The number of rotatable bonds is 5. The van der Waals surface area contributed by atoms with E-state index in [0.29, 0.717) is 11.8 Å². The van der Waals surface area contributed by atoms with Crippen molar-refractivity contribution in [3.63, 3.8) is 0 Å². The molecular formula is C13H20N4O2S. The molecule has 0 saturated carbocycles. The van der Waals surface area contributed by atoms with Crippen molar-refractivity contribution < 1.29 is 4.92 Å². The smallest absolute Gasteiger partial charge is 0.269 e. The summed E-state index contributed by atoms with van der Waals surface area (Å²) in [5, 5.41) is 11.5. The van der Waals surface area contributed by atoms with Crippen LogP contribution in [0.3, 0.4) is 0 Å². The highest BCUT2D eigenvalue weighted by atomic mass is 32.2. The van der Waals surface area contributed by atoms with Crippen LogP contribution in [-0.2, 0) is 6.54 Å². The summed E-state index contributed by atoms with van der Waals surface area (Å²) < 4.78 is 0. The van der Waals surface area contributed by atoms with Crippen LogP contribution in [0.1, 0.15) is 18.9 Å². The van der Waals surface area contributed by atoms with Gasteiger partial charge in [0.25, 0.3) is 5.69 Å². The van der Waals surface area contributed by atoms with Gasteiger partial charge in [-0.15, -0.1) is 0 Å². The molecule has 0 aromatic heterocycles. The van der Waals surface area contributed by atoms with Gasteiger partial charge in [0.15, 0.2) is 0 Å². The topological polar surface area (TPSA) is 84.4 Å². The zero-order valence-electron chi connectivity index (χ0n) is 11.5. The van der Waals surface area contributed by atoms with Gasteiger partial charge >= 0.3 is 0 Å². The molecule has 1 aromatic carbocycles. The molecule has 1 fully saturated rings. The molecular weight excluding hydrogens is 276 g/mol. The fourth-order valence-electron chi connectivity index (χ4n) is 2.38. The third kappa shape index (κ3) is 3.62. The molecule has 6 nitrogen and oxygen atoms in total. The van der Waals surface area contributed by atoms with E-state index in [-0.39, 0.29) is 10.6 Å². The fraction of sp³-hybridized carbons (Fsp3) is 0.538. The molecule has 3 N–H and O–H groups in total. The number of nitro groups is 1. The number of nitrogen functional groups attached to an aromatic ring is 1. The maximum absolute atomic E-state index is 10.9. The van der Waals surface area contributed by atoms with Gasteiger partial charge in [-0.2, -0.15) is 11.8 Å². The first-order chi connectivity index (χ1) is 9.63. The van der Waals surface area contributed by atoms with Crippen molar-refractivity contribution in [1.82, 2.24) is 4.90 Å². The number of thioether (sulfide) groups is 1. The van der Waals surface area contributed by atoms with Crippen LogP contribution < -0.4 is 11.3 Å². The lowest BCUT2D eigenvalue weighted by molar-refractivity contribution is -0.384. The minimum Gasteiger partial charge on any atom is -0.324 e. The molecule has 2 rings (SSSR count). The molecule has 0 aliphatic carbocycles. The minimum atomic E-state index is -0.370. The predicted molar refractivity (Wildman–Crippen MR) is 82.7 cm³/mol. The lowest BCUT2D eigenvalue weighted by Gasteiger charge is -2.32. The Hall–Kier alpha value is -1.31. The van der Waals surface area contributed by atoms with Gasteiger partial charge in [-0.05, 0) is 18.1 Å². The van der Waals surface area contributed by atoms with Crippen LogP contribution in [0.4, 0.5) is 11.4 Å². The Bertz CT molecular complexity index is 483. The number of nitrogens with zero attached hydrogens (tertiary/aromatic N) is 2. The van der Waals surface area contributed by atoms with Gasteiger partial charge in [-0.25, -0.2) is 0 Å². The molecule has 20 heavy (non-hydrogen) atoms. The molecule has 1 aliphatic rings. The maximum Gasteiger partial charge on any atom is 0.269 e. The normalized spacial score (nSPS) is 19.8. The van der Waals surface area contributed by atoms with Gasteiger partial charge in [0.05, 0.1) is 10.6 Å². The Morgan fingerprint density at radius 2 is 2.40 bits per heavy atom. The van der Waals surface area contributed by atoms with Crippen molar-refractivity contribution in [2.75, 3.05) is 24.3 Å². The van der Waals surface area contributed by atoms with Crippen molar-refractivity contribution in [2.45, 2.75) is 25.1 Å². The first kappa shape index (κ1) is 15.1. The van der Waals surface area contributed by atoms with Gasteiger partial charge in [0.2, 0.25) is 0 Å². The van der Waals surface area contributed by atoms with E-state index in [1.165, 1.54) is 6.07 Å². The summed E-state index contributed by atoms with van der Waals surface area (Å²) in [6.07, 6.45) is 1.15. The summed E-state index contributed by atoms with van der Waals surface area (Å²) in [5.41, 5.74) is 4.36. The molecule has 0 radical (unpaired) electrons. The highest BCUT2D eigenvalue weighted by Gasteiger charge is 2.20. The molecule has 1 saturated heterocycles. The Labute approximate surface area is 122 Å². The van der Waals surface area contributed by atoms with E-state index in [9.17, 15) is 10.1 Å². The number of nitrogens with one attached hydrogen (secondary N) is 1. The molecule has 0 amide bonds. The van der Waals surface area contributed by atoms with Crippen molar-refractivity contribution in [3.05, 3.63) is 33.9 Å². The Morgan fingerprint density at radius 1 is 1.60 bits per heavy atom. The predicted octanol–water partition coefficient (Wildman–Crippen LogP) is 2.21. The Morgan fingerprint density at radius 3 is 3.05 bits per heavy atom. The van der Waals surface area contributed by atoms with E-state index >= 15 is 0 Å². The van der Waals surface area contributed by atoms with E-state index in [1.54, 1.807) is 12.1 Å². The molecule has 0 spiro atoms. The van der Waals surface area contributed by atoms with Crippen LogP contribution in [0.5, 0.6) is 0 Å². The number of hydrazine groups is 1. The lowest BCUT2D eigenvalue weighted by atomic mass is 10.1. The average molecular weight is 296 g/mol. The highest BCUT2D eigenvalue weighted by Crippen LogP contribution is 2.26. The van der Waals surface area contributed by atoms with Crippen molar-refractivity contribution in [1.29, 1.82) is 0 Å². The number of nitro benzene ring substituents is 1. The summed E-state index contributed by atoms with van der Waals surface area (Å²) in [4.78, 5) is 12.8. The minimum absolute atomic E-state index is 0.109. The second-order valence-electron chi connectivity index (χ2n) is 4.88. The maximum atomic E-state index is 10.9. The second kappa shape index (κ2) is 6.92. The number of anilines is 1. The highest BCUT2D eigenvalue weighted by molar-refractivity contribution is 8.00. The zero-order chi connectivity index (χ0) is 14.5. The SMILES string of the molecule is CCC1CN(Cc2cc([N+](=O)[O-])ccc2NN)CCS1. The fourth-order valence-corrected chi connectivity index (χ4v) is 3.63. The Kier molecular flexibility index (Phi) is 5.22. The lowest BCUT2D eigenvalue weighted by Crippen LogP contribution is -2.37. The largest absolute Gasteiger partial charge is 0.324 e. The number of nitrogens with two attached hydrogens (primary N) is 1. The molecule has 1 heterocycles. The monoisotopic (exact) mass is 296 g/mol. The van der Waals surface area contributed by atoms with Gasteiger partial charge in [-0.3, -0.25) is 20.9 Å². The summed E-state index contributed by atoms with van der Waals surface area (Å²) in [6, 6.07) is 4.75. The quantitative estimate of drug-likeness (QED) is 0.492. The third-order valence-electron chi connectivity index (χ3n) is 3.53. The van der Waals surface area contributed by atoms with Crippen LogP contribution in [0, 0.1) is 10.1 Å². The van der Waals surface area contributed by atoms with Gasteiger partial charge in [0, 0.05) is 42.8 Å². The number of benzene rings is 1. The van der Waals surface area contributed by atoms with Crippen molar-refractivity contribution in [2.24, 2.45) is 5.84 Å². The molecule has 110 valence electrons. The van der Waals surface area contributed by atoms with Crippen LogP contribution in [0.25, 0.3) is 0 Å². The first-order valence-corrected chi connectivity index (χ1v) is 7.76. The summed E-state index contributed by atoms with van der Waals surface area (Å²) in [6.45, 7) is 4.92. The number of hydrogen-bond donors (Lipinski definition) is 2. The zero-order valence-corrected chi connectivity index (χ0v) is 12.4. The number of non-ortho nitro benzene ring substituents is 1. The van der Waals surface area contributed by atoms with Crippen LogP contribution in [0.2, 0.25) is 0 Å². The summed E-state index contributed by atoms with van der Waals surface area (Å²) in [5.74, 6) is 6.60. The van der Waals surface area contributed by atoms with E-state index < -0.39 is 0 Å². The number of hydrogen-bond acceptors (Lipinski definition) is 6. The molecule has 7 heteroatoms. The van der Waals surface area contributed by atoms with Gasteiger partial charge < -0.3 is 5.43 Å². The summed E-state index contributed by atoms with van der Waals surface area (Å²) in [7, 11) is 0. The van der Waals surface area contributed by atoms with Crippen molar-refractivity contribution >= 4 is 23.1 Å². The molecule has 1 aliphatic heterocycles. The molecule has 0 bridgehead atoms. The van der Waals surface area contributed by atoms with E-state index in [1.807, 2.05) is 11.8 Å². The summed E-state index contributed by atoms with van der Waals surface area (Å²) >= 11 is 2.01. The second-order valence-corrected chi connectivity index (χ2v) is 6.29. The molecule has 1 atom stereocenters. The van der Waals surface area contributed by atoms with Gasteiger partial charge in [0.1, 0.15) is 0 Å². The Balaban J connectivity index is 2.14. The van der Waals surface area contributed by atoms with Crippen LogP contribution in [0.15, 0.2) is 18.2 Å². The average Bonchev–Trinajstić information content (AvgIpc) is 2.47. The van der Waals surface area contributed by atoms with Gasteiger partial charge in [-0.1, -0.05) is 6.92 Å². The molecule has 1 aromatic rings. The van der Waals surface area contributed by atoms with Crippen molar-refractivity contribution in [3.8, 4) is 0 Å². The van der Waals surface area contributed by atoms with Crippen LogP contribution in [-0.4, -0.2) is 33.9 Å². The van der Waals surface area contributed by atoms with E-state index in [0.717, 1.165) is 36.5 Å². The third-order valence-corrected chi connectivity index (χ3v) is 4.90. The van der Waals surface area contributed by atoms with Crippen LogP contribution >= 0.6 is 11.8 Å². The molecule has 1 unspecified atom stereocenters. The van der Waals surface area contributed by atoms with E-state index in [4.69, 9.17) is 5.84 Å².